The van der Waals surface area contributed by atoms with Gasteiger partial charge in [-0.25, -0.2) is 19.3 Å². The topological polar surface area (TPSA) is 118 Å². The Kier molecular flexibility index (Phi) is 5.23. The molecule has 7 rings (SSSR count). The van der Waals surface area contributed by atoms with Crippen molar-refractivity contribution >= 4 is 5.95 Å². The Bertz CT molecular complexity index is 1390. The van der Waals surface area contributed by atoms with Gasteiger partial charge in [-0.3, -0.25) is 0 Å². The van der Waals surface area contributed by atoms with Crippen LogP contribution in [0, 0.1) is 0 Å². The van der Waals surface area contributed by atoms with Crippen molar-refractivity contribution in [1.29, 1.82) is 0 Å². The van der Waals surface area contributed by atoms with Gasteiger partial charge in [-0.1, -0.05) is 6.07 Å². The van der Waals surface area contributed by atoms with Crippen LogP contribution in [0.4, 0.5) is 10.3 Å². The van der Waals surface area contributed by atoms with Crippen LogP contribution in [0.5, 0.6) is 17.5 Å². The van der Waals surface area contributed by atoms with E-state index in [0.29, 0.717) is 59.9 Å². The van der Waals surface area contributed by atoms with Gasteiger partial charge in [0.2, 0.25) is 5.95 Å². The van der Waals surface area contributed by atoms with E-state index in [0.717, 1.165) is 25.7 Å². The second kappa shape index (κ2) is 8.45. The molecule has 1 aromatic carbocycles. The smallest absolute Gasteiger partial charge is 0.278 e. The van der Waals surface area contributed by atoms with Crippen LogP contribution < -0.4 is 19.7 Å². The number of benzene rings is 1. The number of phenolic OH excluding ortho intramolecular Hbond substituents is 1. The summed E-state index contributed by atoms with van der Waals surface area (Å²) in [6, 6.07) is 5.10. The number of nitrogens with zero attached hydrogens (tertiary/aromatic N) is 6. The molecule has 0 unspecified atom stereocenters. The highest BCUT2D eigenvalue weighted by atomic mass is 19.1. The van der Waals surface area contributed by atoms with E-state index in [1.54, 1.807) is 24.5 Å². The molecule has 2 N–H and O–H groups in total. The van der Waals surface area contributed by atoms with Crippen LogP contribution in [0.3, 0.4) is 0 Å². The summed E-state index contributed by atoms with van der Waals surface area (Å²) in [6.07, 6.45) is 6.65. The molecule has 4 aliphatic rings. The lowest BCUT2D eigenvalue weighted by Gasteiger charge is -2.48. The lowest BCUT2D eigenvalue weighted by Crippen LogP contribution is -2.66. The predicted octanol–water partition coefficient (Wildman–Crippen LogP) is 3.45. The van der Waals surface area contributed by atoms with E-state index in [9.17, 15) is 5.11 Å². The van der Waals surface area contributed by atoms with Gasteiger partial charge in [0, 0.05) is 28.2 Å². The zero-order valence-corrected chi connectivity index (χ0v) is 21.4. The molecule has 0 amide bonds. The quantitative estimate of drug-likeness (QED) is 0.519. The Morgan fingerprint density at radius 3 is 2.55 bits per heavy atom. The number of aromatic hydroxyl groups is 1. The van der Waals surface area contributed by atoms with E-state index in [-0.39, 0.29) is 23.4 Å². The Morgan fingerprint density at radius 2 is 1.82 bits per heavy atom. The minimum absolute atomic E-state index is 0.0155. The fraction of sp³-hybridized carbons (Fsp3) is 0.519. The fourth-order valence-corrected chi connectivity index (χ4v) is 6.26. The fourth-order valence-electron chi connectivity index (χ4n) is 6.26. The van der Waals surface area contributed by atoms with Crippen LogP contribution in [-0.2, 0) is 0 Å². The van der Waals surface area contributed by atoms with Crippen molar-refractivity contribution in [3.8, 4) is 40.0 Å². The number of hydrogen-bond donors (Lipinski definition) is 2. The molecule has 2 saturated heterocycles. The summed E-state index contributed by atoms with van der Waals surface area (Å²) in [5.74, 6) is 1.16. The molecular weight excluding hydrogens is 489 g/mol. The standard InChI is InChI=1S/C27H30FN7O3/c1-26-7-8-27(2,34-26)22(28)20(12-26)35(16-4-5-16)25-30-14-19(32-33-25)17-6-3-15(11-21(17)36)18-13-29-23-24(31-18)38-10-9-37-23/h3,6,11,13-14,16,20,22,34,36H,4-5,7-10,12H2,1-2H3/t20-,22-,26-,27+/m1/s1. The molecule has 2 bridgehead atoms. The molecule has 2 aromatic heterocycles. The molecule has 1 aliphatic carbocycles. The van der Waals surface area contributed by atoms with E-state index < -0.39 is 11.7 Å². The normalized spacial score (nSPS) is 29.8. The number of fused-ring (bicyclic) bond motifs is 3. The second-order valence-electron chi connectivity index (χ2n) is 11.4. The van der Waals surface area contributed by atoms with Crippen LogP contribution in [0.25, 0.3) is 22.5 Å². The molecule has 3 fully saturated rings. The highest BCUT2D eigenvalue weighted by molar-refractivity contribution is 5.72. The molecule has 0 radical (unpaired) electrons. The van der Waals surface area contributed by atoms with E-state index >= 15 is 4.39 Å². The Morgan fingerprint density at radius 1 is 1.03 bits per heavy atom. The number of piperidine rings is 1. The van der Waals surface area contributed by atoms with Crippen molar-refractivity contribution in [2.45, 2.75) is 75.3 Å². The average Bonchev–Trinajstić information content (AvgIpc) is 3.72. The summed E-state index contributed by atoms with van der Waals surface area (Å²) in [6.45, 7) is 5.03. The van der Waals surface area contributed by atoms with E-state index in [4.69, 9.17) is 9.47 Å². The van der Waals surface area contributed by atoms with Crippen LogP contribution in [0.15, 0.2) is 30.6 Å². The third kappa shape index (κ3) is 3.91. The summed E-state index contributed by atoms with van der Waals surface area (Å²) in [5, 5.41) is 23.2. The van der Waals surface area contributed by atoms with Gasteiger partial charge >= 0.3 is 0 Å². The van der Waals surface area contributed by atoms with Gasteiger partial charge in [-0.15, -0.1) is 10.2 Å². The van der Waals surface area contributed by atoms with Crippen LogP contribution >= 0.6 is 0 Å². The van der Waals surface area contributed by atoms with Gasteiger partial charge < -0.3 is 24.8 Å². The Balaban J connectivity index is 1.15. The van der Waals surface area contributed by atoms with Crippen molar-refractivity contribution in [2.24, 2.45) is 0 Å². The Labute approximate surface area is 219 Å². The zero-order valence-electron chi connectivity index (χ0n) is 21.4. The highest BCUT2D eigenvalue weighted by Gasteiger charge is 2.58. The average molecular weight is 520 g/mol. The van der Waals surface area contributed by atoms with Gasteiger partial charge in [-0.05, 0) is 58.1 Å². The predicted molar refractivity (Wildman–Crippen MR) is 137 cm³/mol. The number of alkyl halides is 1. The Hall–Kier alpha value is -3.60. The van der Waals surface area contributed by atoms with Crippen LogP contribution in [0.2, 0.25) is 0 Å². The summed E-state index contributed by atoms with van der Waals surface area (Å²) < 4.78 is 26.8. The molecule has 5 heterocycles. The van der Waals surface area contributed by atoms with Crippen molar-refractivity contribution < 1.29 is 19.0 Å². The highest BCUT2D eigenvalue weighted by Crippen LogP contribution is 2.47. The molecule has 1 saturated carbocycles. The van der Waals surface area contributed by atoms with Gasteiger partial charge in [0.25, 0.3) is 11.8 Å². The molecule has 198 valence electrons. The maximum atomic E-state index is 15.8. The van der Waals surface area contributed by atoms with Crippen LogP contribution in [0.1, 0.15) is 46.0 Å². The SMILES string of the molecule is C[C@]12CC[C@](C)(N1)[C@H](F)[C@H](N(c1ncc(-c3ccc(-c4cnc5c(n4)OCCO5)cc3O)nn1)C1CC1)C2. The molecule has 3 aliphatic heterocycles. The number of hydrogen-bond acceptors (Lipinski definition) is 10. The van der Waals surface area contributed by atoms with E-state index in [1.165, 1.54) is 0 Å². The van der Waals surface area contributed by atoms with Gasteiger partial charge in [0.05, 0.1) is 24.1 Å². The van der Waals surface area contributed by atoms with Crippen molar-refractivity contribution in [3.05, 3.63) is 30.6 Å². The van der Waals surface area contributed by atoms with Crippen LogP contribution in [-0.4, -0.2) is 72.8 Å². The van der Waals surface area contributed by atoms with E-state index in [1.807, 2.05) is 13.0 Å². The lowest BCUT2D eigenvalue weighted by atomic mass is 9.82. The number of halogens is 1. The number of nitrogens with one attached hydrogen (secondary N) is 1. The van der Waals surface area contributed by atoms with Gasteiger partial charge in [-0.2, -0.15) is 0 Å². The largest absolute Gasteiger partial charge is 0.507 e. The van der Waals surface area contributed by atoms with Crippen molar-refractivity contribution in [3.63, 3.8) is 0 Å². The van der Waals surface area contributed by atoms with Crippen molar-refractivity contribution in [1.82, 2.24) is 30.5 Å². The van der Waals surface area contributed by atoms with E-state index in [2.05, 4.69) is 42.3 Å². The first-order valence-electron chi connectivity index (χ1n) is 13.2. The first-order valence-corrected chi connectivity index (χ1v) is 13.2. The summed E-state index contributed by atoms with van der Waals surface area (Å²) in [5.41, 5.74) is 1.53. The number of rotatable bonds is 5. The molecular formula is C27H30FN7O3. The first-order chi connectivity index (χ1) is 18.3. The zero-order chi connectivity index (χ0) is 26.1. The maximum Gasteiger partial charge on any atom is 0.278 e. The lowest BCUT2D eigenvalue weighted by molar-refractivity contribution is 0.0828. The summed E-state index contributed by atoms with van der Waals surface area (Å²) in [4.78, 5) is 15.4. The van der Waals surface area contributed by atoms with Gasteiger partial charge in [0.1, 0.15) is 30.8 Å². The third-order valence-corrected chi connectivity index (χ3v) is 8.31. The monoisotopic (exact) mass is 519 g/mol. The minimum Gasteiger partial charge on any atom is -0.507 e. The number of aromatic nitrogens is 5. The molecule has 0 spiro atoms. The molecule has 11 heteroatoms. The molecule has 10 nitrogen and oxygen atoms in total. The summed E-state index contributed by atoms with van der Waals surface area (Å²) in [7, 11) is 0. The minimum atomic E-state index is -1.03. The molecule has 3 aromatic rings. The number of phenols is 1. The second-order valence-corrected chi connectivity index (χ2v) is 11.4. The molecule has 4 atom stereocenters. The van der Waals surface area contributed by atoms with Crippen molar-refractivity contribution in [2.75, 3.05) is 18.1 Å². The number of ether oxygens (including phenoxy) is 2. The number of anilines is 1. The first kappa shape index (κ1) is 23.5. The molecule has 38 heavy (non-hydrogen) atoms. The van der Waals surface area contributed by atoms with Gasteiger partial charge in [0.15, 0.2) is 0 Å². The third-order valence-electron chi connectivity index (χ3n) is 8.31. The summed E-state index contributed by atoms with van der Waals surface area (Å²) >= 11 is 0. The maximum absolute atomic E-state index is 15.8.